The molecule has 0 amide bonds. The molecule has 20 heavy (non-hydrogen) atoms. The van der Waals surface area contributed by atoms with Crippen LogP contribution in [0.5, 0.6) is 0 Å². The number of pyridine rings is 2. The largest absolute Gasteiger partial charge is 0.399 e. The molecule has 100 valence electrons. The highest BCUT2D eigenvalue weighted by Gasteiger charge is 2.09. The first-order valence-corrected chi connectivity index (χ1v) is 6.64. The Morgan fingerprint density at radius 2 is 1.90 bits per heavy atom. The lowest BCUT2D eigenvalue weighted by molar-refractivity contribution is 1.30. The number of nitrogen functional groups attached to an aromatic ring is 1. The predicted octanol–water partition coefficient (Wildman–Crippen LogP) is 3.80. The van der Waals surface area contributed by atoms with Crippen LogP contribution in [-0.2, 0) is 0 Å². The molecule has 0 saturated carbocycles. The zero-order valence-corrected chi connectivity index (χ0v) is 12.6. The monoisotopic (exact) mass is 348 g/mol. The Hall–Kier alpha value is -1.85. The highest BCUT2D eigenvalue weighted by Crippen LogP contribution is 2.25. The van der Waals surface area contributed by atoms with Gasteiger partial charge in [-0.3, -0.25) is 4.40 Å². The number of nitrogens with zero attached hydrogens (tertiary/aromatic N) is 3. The summed E-state index contributed by atoms with van der Waals surface area (Å²) in [4.78, 5) is 8.87. The van der Waals surface area contributed by atoms with Gasteiger partial charge in [-0.05, 0) is 52.3 Å². The van der Waals surface area contributed by atoms with E-state index in [0.717, 1.165) is 37.9 Å². The first kappa shape index (κ1) is 13.1. The molecule has 4 aromatic rings. The van der Waals surface area contributed by atoms with Gasteiger partial charge in [0.05, 0.1) is 11.0 Å². The second kappa shape index (κ2) is 4.61. The first-order valence-electron chi connectivity index (χ1n) is 5.84. The van der Waals surface area contributed by atoms with Gasteiger partial charge in [0.2, 0.25) is 0 Å². The molecule has 0 spiro atoms. The maximum Gasteiger partial charge on any atom is 0.178 e. The van der Waals surface area contributed by atoms with E-state index in [-0.39, 0.29) is 12.4 Å². The van der Waals surface area contributed by atoms with Gasteiger partial charge in [-0.25, -0.2) is 9.97 Å². The topological polar surface area (TPSA) is 56.2 Å². The molecule has 3 aromatic heterocycles. The van der Waals surface area contributed by atoms with E-state index in [2.05, 4.69) is 30.3 Å². The molecule has 0 saturated heterocycles. The Morgan fingerprint density at radius 3 is 2.75 bits per heavy atom. The maximum absolute atomic E-state index is 5.84. The normalized spacial score (nSPS) is 11.1. The van der Waals surface area contributed by atoms with Gasteiger partial charge in [0.25, 0.3) is 0 Å². The maximum atomic E-state index is 5.84. The van der Waals surface area contributed by atoms with Crippen molar-refractivity contribution in [3.8, 4) is 0 Å². The summed E-state index contributed by atoms with van der Waals surface area (Å²) < 4.78 is 3.04. The number of hydrogen-bond acceptors (Lipinski definition) is 3. The van der Waals surface area contributed by atoms with E-state index in [9.17, 15) is 0 Å². The number of aromatic nitrogens is 3. The van der Waals surface area contributed by atoms with Crippen molar-refractivity contribution < 1.29 is 0 Å². The lowest BCUT2D eigenvalue weighted by Crippen LogP contribution is -1.90. The Balaban J connectivity index is 0.00000121. The zero-order chi connectivity index (χ0) is 13.0. The van der Waals surface area contributed by atoms with E-state index in [4.69, 9.17) is 5.73 Å². The van der Waals surface area contributed by atoms with Gasteiger partial charge < -0.3 is 5.73 Å². The Kier molecular flexibility index (Phi) is 3.03. The number of benzene rings is 1. The molecule has 0 aliphatic heterocycles. The van der Waals surface area contributed by atoms with Crippen LogP contribution >= 0.6 is 28.3 Å². The molecule has 1 aromatic carbocycles. The average molecular weight is 350 g/mol. The lowest BCUT2D eigenvalue weighted by Gasteiger charge is -2.04. The van der Waals surface area contributed by atoms with Crippen LogP contribution in [0.4, 0.5) is 5.69 Å². The quantitative estimate of drug-likeness (QED) is 0.491. The number of hydrogen-bond donors (Lipinski definition) is 1. The van der Waals surface area contributed by atoms with E-state index >= 15 is 0 Å². The fourth-order valence-electron chi connectivity index (χ4n) is 2.39. The van der Waals surface area contributed by atoms with Crippen LogP contribution in [0.25, 0.3) is 27.7 Å². The third kappa shape index (κ3) is 1.82. The summed E-state index contributed by atoms with van der Waals surface area (Å²) in [5.41, 5.74) is 10.3. The second-order valence-corrected chi connectivity index (χ2v) is 5.37. The minimum absolute atomic E-state index is 0. The molecule has 3 heterocycles. The number of nitrogens with two attached hydrogens (primary N) is 1. The van der Waals surface area contributed by atoms with Crippen LogP contribution < -0.4 is 5.73 Å². The van der Waals surface area contributed by atoms with Crippen LogP contribution in [0.2, 0.25) is 0 Å². The standard InChI is InChI=1S/C14H9BrN4.ClH/c15-9-6-12-14(17-7-9)18-13-4-1-8-5-10(16)2-3-11(8)19(12)13;/h1-7H,16H2;1H. The molecule has 0 fully saturated rings. The van der Waals surface area contributed by atoms with Crippen molar-refractivity contribution in [2.75, 3.05) is 5.73 Å². The molecular weight excluding hydrogens is 340 g/mol. The molecule has 0 radical (unpaired) electrons. The van der Waals surface area contributed by atoms with Crippen LogP contribution in [0, 0.1) is 0 Å². The summed E-state index contributed by atoms with van der Waals surface area (Å²) >= 11 is 3.45. The molecule has 0 bridgehead atoms. The second-order valence-electron chi connectivity index (χ2n) is 4.45. The Labute approximate surface area is 129 Å². The first-order chi connectivity index (χ1) is 9.22. The average Bonchev–Trinajstić information content (AvgIpc) is 2.76. The molecule has 0 unspecified atom stereocenters. The summed E-state index contributed by atoms with van der Waals surface area (Å²) in [6.07, 6.45) is 1.76. The van der Waals surface area contributed by atoms with Gasteiger partial charge in [0, 0.05) is 21.7 Å². The molecule has 6 heteroatoms. The molecule has 2 N–H and O–H groups in total. The van der Waals surface area contributed by atoms with Gasteiger partial charge >= 0.3 is 0 Å². The molecule has 4 rings (SSSR count). The van der Waals surface area contributed by atoms with Crippen molar-refractivity contribution in [2.24, 2.45) is 0 Å². The van der Waals surface area contributed by atoms with E-state index < -0.39 is 0 Å². The van der Waals surface area contributed by atoms with Crippen molar-refractivity contribution in [1.82, 2.24) is 14.4 Å². The summed E-state index contributed by atoms with van der Waals surface area (Å²) in [6.45, 7) is 0. The fraction of sp³-hybridized carbons (Fsp3) is 0. The van der Waals surface area contributed by atoms with E-state index in [0.29, 0.717) is 0 Å². The summed E-state index contributed by atoms with van der Waals surface area (Å²) in [5.74, 6) is 0. The molecule has 0 atom stereocenters. The van der Waals surface area contributed by atoms with Crippen LogP contribution in [0.3, 0.4) is 0 Å². The summed E-state index contributed by atoms with van der Waals surface area (Å²) in [7, 11) is 0. The van der Waals surface area contributed by atoms with E-state index in [1.807, 2.05) is 36.4 Å². The van der Waals surface area contributed by atoms with Gasteiger partial charge in [-0.1, -0.05) is 0 Å². The van der Waals surface area contributed by atoms with Gasteiger partial charge in [0.1, 0.15) is 5.65 Å². The number of imidazole rings is 1. The zero-order valence-electron chi connectivity index (χ0n) is 10.2. The van der Waals surface area contributed by atoms with Crippen LogP contribution in [0.15, 0.2) is 47.1 Å². The van der Waals surface area contributed by atoms with E-state index in [1.54, 1.807) is 6.20 Å². The Bertz CT molecular complexity index is 948. The minimum Gasteiger partial charge on any atom is -0.399 e. The van der Waals surface area contributed by atoms with Crippen molar-refractivity contribution in [1.29, 1.82) is 0 Å². The summed E-state index contributed by atoms with van der Waals surface area (Å²) in [6, 6.07) is 11.9. The van der Waals surface area contributed by atoms with Crippen molar-refractivity contribution in [2.45, 2.75) is 0 Å². The minimum atomic E-state index is 0. The van der Waals surface area contributed by atoms with Gasteiger partial charge in [-0.2, -0.15) is 0 Å². The third-order valence-electron chi connectivity index (χ3n) is 3.21. The third-order valence-corrected chi connectivity index (χ3v) is 3.64. The van der Waals surface area contributed by atoms with Crippen molar-refractivity contribution >= 4 is 61.7 Å². The predicted molar refractivity (Wildman–Crippen MR) is 87.4 cm³/mol. The molecular formula is C14H10BrClN4. The number of rotatable bonds is 0. The van der Waals surface area contributed by atoms with Crippen molar-refractivity contribution in [3.63, 3.8) is 0 Å². The van der Waals surface area contributed by atoms with Gasteiger partial charge in [0.15, 0.2) is 5.65 Å². The number of halogens is 2. The Morgan fingerprint density at radius 1 is 1.05 bits per heavy atom. The fourth-order valence-corrected chi connectivity index (χ4v) is 2.71. The SMILES string of the molecule is Cl.Nc1ccc2c(ccc3nc4ncc(Br)cc4n32)c1. The molecule has 4 nitrogen and oxygen atoms in total. The highest BCUT2D eigenvalue weighted by molar-refractivity contribution is 9.10. The summed E-state index contributed by atoms with van der Waals surface area (Å²) in [5, 5.41) is 1.09. The van der Waals surface area contributed by atoms with E-state index in [1.165, 1.54) is 0 Å². The van der Waals surface area contributed by atoms with Crippen molar-refractivity contribution in [3.05, 3.63) is 47.1 Å². The lowest BCUT2D eigenvalue weighted by atomic mass is 10.2. The highest BCUT2D eigenvalue weighted by atomic mass is 79.9. The van der Waals surface area contributed by atoms with Crippen LogP contribution in [-0.4, -0.2) is 14.4 Å². The van der Waals surface area contributed by atoms with Gasteiger partial charge in [-0.15, -0.1) is 12.4 Å². The molecule has 0 aliphatic rings. The smallest absolute Gasteiger partial charge is 0.178 e. The van der Waals surface area contributed by atoms with Crippen LogP contribution in [0.1, 0.15) is 0 Å². The number of anilines is 1. The number of fused-ring (bicyclic) bond motifs is 5. The molecule has 0 aliphatic carbocycles.